The number of halogens is 1. The highest BCUT2D eigenvalue weighted by molar-refractivity contribution is 6.33. The van der Waals surface area contributed by atoms with E-state index < -0.39 is 0 Å². The minimum atomic E-state index is 0.395. The van der Waals surface area contributed by atoms with Gasteiger partial charge in [-0.2, -0.15) is 4.98 Å². The summed E-state index contributed by atoms with van der Waals surface area (Å²) in [5.74, 6) is 0. The molecule has 1 heterocycles. The van der Waals surface area contributed by atoms with E-state index in [0.717, 1.165) is 16.8 Å². The van der Waals surface area contributed by atoms with E-state index in [4.69, 9.17) is 21.8 Å². The van der Waals surface area contributed by atoms with Crippen molar-refractivity contribution < 1.29 is 4.42 Å². The molecular formula is C14H12ClN3O. The number of aromatic nitrogens is 1. The Balaban J connectivity index is 1.96. The molecule has 0 saturated carbocycles. The van der Waals surface area contributed by atoms with Gasteiger partial charge in [-0.3, -0.25) is 0 Å². The summed E-state index contributed by atoms with van der Waals surface area (Å²) in [5.41, 5.74) is 9.59. The Kier molecular flexibility index (Phi) is 2.80. The maximum atomic E-state index is 6.15. The van der Waals surface area contributed by atoms with Crippen LogP contribution in [-0.4, -0.2) is 4.98 Å². The highest BCUT2D eigenvalue weighted by Crippen LogP contribution is 2.28. The lowest BCUT2D eigenvalue weighted by Crippen LogP contribution is -1.91. The van der Waals surface area contributed by atoms with Crippen molar-refractivity contribution in [2.75, 3.05) is 11.1 Å². The number of nitrogens with one attached hydrogen (secondary N) is 1. The standard InChI is InChI=1S/C14H12ClN3O/c1-8-2-4-11(10(15)6-8)17-14-18-12-5-3-9(16)7-13(12)19-14/h2-7H,16H2,1H3,(H,17,18). The molecule has 0 aliphatic heterocycles. The van der Waals surface area contributed by atoms with Crippen molar-refractivity contribution >= 4 is 40.1 Å². The van der Waals surface area contributed by atoms with Crippen LogP contribution in [0, 0.1) is 6.92 Å². The lowest BCUT2D eigenvalue weighted by atomic mass is 10.2. The molecule has 1 aromatic heterocycles. The summed E-state index contributed by atoms with van der Waals surface area (Å²) in [4.78, 5) is 4.32. The Morgan fingerprint density at radius 1 is 1.21 bits per heavy atom. The molecule has 19 heavy (non-hydrogen) atoms. The smallest absolute Gasteiger partial charge is 0.300 e. The van der Waals surface area contributed by atoms with E-state index in [0.29, 0.717) is 22.3 Å². The number of fused-ring (bicyclic) bond motifs is 1. The molecule has 0 atom stereocenters. The summed E-state index contributed by atoms with van der Waals surface area (Å²) < 4.78 is 5.58. The van der Waals surface area contributed by atoms with Crippen molar-refractivity contribution in [3.63, 3.8) is 0 Å². The van der Waals surface area contributed by atoms with Gasteiger partial charge in [0.2, 0.25) is 0 Å². The fourth-order valence-corrected chi connectivity index (χ4v) is 2.11. The topological polar surface area (TPSA) is 64.1 Å². The molecule has 0 radical (unpaired) electrons. The molecule has 2 aromatic carbocycles. The Hall–Kier alpha value is -2.20. The van der Waals surface area contributed by atoms with Gasteiger partial charge in [-0.25, -0.2) is 0 Å². The second kappa shape index (κ2) is 4.48. The average Bonchev–Trinajstić information content (AvgIpc) is 2.74. The number of nitrogens with zero attached hydrogens (tertiary/aromatic N) is 1. The van der Waals surface area contributed by atoms with Crippen molar-refractivity contribution in [2.24, 2.45) is 0 Å². The number of hydrogen-bond donors (Lipinski definition) is 2. The molecule has 0 aliphatic rings. The molecule has 0 amide bonds. The zero-order chi connectivity index (χ0) is 13.4. The number of benzene rings is 2. The fourth-order valence-electron chi connectivity index (χ4n) is 1.83. The number of aryl methyl sites for hydroxylation is 1. The van der Waals surface area contributed by atoms with Gasteiger partial charge in [-0.05, 0) is 36.8 Å². The van der Waals surface area contributed by atoms with E-state index in [-0.39, 0.29) is 0 Å². The number of anilines is 3. The molecule has 0 fully saturated rings. The summed E-state index contributed by atoms with van der Waals surface area (Å²) in [5, 5.41) is 3.68. The highest BCUT2D eigenvalue weighted by atomic mass is 35.5. The van der Waals surface area contributed by atoms with Crippen LogP contribution in [0.25, 0.3) is 11.1 Å². The van der Waals surface area contributed by atoms with Crippen LogP contribution in [0.5, 0.6) is 0 Å². The van der Waals surface area contributed by atoms with Crippen LogP contribution in [0.1, 0.15) is 5.56 Å². The maximum Gasteiger partial charge on any atom is 0.300 e. The predicted molar refractivity (Wildman–Crippen MR) is 77.9 cm³/mol. The Morgan fingerprint density at radius 3 is 2.84 bits per heavy atom. The third-order valence-electron chi connectivity index (χ3n) is 2.78. The van der Waals surface area contributed by atoms with Crippen LogP contribution in [0.4, 0.5) is 17.4 Å². The molecule has 0 aliphatic carbocycles. The maximum absolute atomic E-state index is 6.15. The van der Waals surface area contributed by atoms with E-state index in [2.05, 4.69) is 10.3 Å². The number of nitrogens with two attached hydrogens (primary N) is 1. The normalized spacial score (nSPS) is 10.8. The summed E-state index contributed by atoms with van der Waals surface area (Å²) in [7, 11) is 0. The predicted octanol–water partition coefficient (Wildman–Crippen LogP) is 4.12. The number of oxazole rings is 1. The monoisotopic (exact) mass is 273 g/mol. The minimum absolute atomic E-state index is 0.395. The van der Waals surface area contributed by atoms with Crippen molar-refractivity contribution in [3.05, 3.63) is 47.0 Å². The average molecular weight is 274 g/mol. The highest BCUT2D eigenvalue weighted by Gasteiger charge is 2.08. The van der Waals surface area contributed by atoms with Crippen LogP contribution < -0.4 is 11.1 Å². The molecule has 96 valence electrons. The lowest BCUT2D eigenvalue weighted by molar-refractivity contribution is 0.623. The van der Waals surface area contributed by atoms with Gasteiger partial charge in [0.05, 0.1) is 10.7 Å². The third-order valence-corrected chi connectivity index (χ3v) is 3.09. The lowest BCUT2D eigenvalue weighted by Gasteiger charge is -2.04. The summed E-state index contributed by atoms with van der Waals surface area (Å²) in [6.45, 7) is 1.98. The molecule has 0 saturated heterocycles. The molecule has 3 N–H and O–H groups in total. The zero-order valence-electron chi connectivity index (χ0n) is 10.3. The Morgan fingerprint density at radius 2 is 2.05 bits per heavy atom. The van der Waals surface area contributed by atoms with Gasteiger partial charge in [-0.1, -0.05) is 17.7 Å². The third kappa shape index (κ3) is 2.35. The zero-order valence-corrected chi connectivity index (χ0v) is 11.0. The Labute approximate surface area is 115 Å². The van der Waals surface area contributed by atoms with Gasteiger partial charge >= 0.3 is 0 Å². The van der Waals surface area contributed by atoms with Crippen LogP contribution in [0.15, 0.2) is 40.8 Å². The fraction of sp³-hybridized carbons (Fsp3) is 0.0714. The van der Waals surface area contributed by atoms with Crippen LogP contribution in [0.3, 0.4) is 0 Å². The first-order chi connectivity index (χ1) is 9.11. The summed E-state index contributed by atoms with van der Waals surface area (Å²) >= 11 is 6.15. The SMILES string of the molecule is Cc1ccc(Nc2nc3ccc(N)cc3o2)c(Cl)c1. The molecule has 4 nitrogen and oxygen atoms in total. The van der Waals surface area contributed by atoms with Crippen LogP contribution in [-0.2, 0) is 0 Å². The molecule has 3 aromatic rings. The van der Waals surface area contributed by atoms with E-state index >= 15 is 0 Å². The molecule has 5 heteroatoms. The number of hydrogen-bond acceptors (Lipinski definition) is 4. The van der Waals surface area contributed by atoms with Gasteiger partial charge < -0.3 is 15.5 Å². The molecule has 3 rings (SSSR count). The number of nitrogen functional groups attached to an aromatic ring is 1. The minimum Gasteiger partial charge on any atom is -0.423 e. The van der Waals surface area contributed by atoms with Gasteiger partial charge in [0, 0.05) is 11.8 Å². The van der Waals surface area contributed by atoms with Gasteiger partial charge in [-0.15, -0.1) is 0 Å². The van der Waals surface area contributed by atoms with Crippen molar-refractivity contribution in [1.82, 2.24) is 4.98 Å². The Bertz CT molecular complexity index is 752. The number of rotatable bonds is 2. The van der Waals surface area contributed by atoms with Gasteiger partial charge in [0.1, 0.15) is 5.52 Å². The second-order valence-corrected chi connectivity index (χ2v) is 4.76. The first kappa shape index (κ1) is 11.9. The van der Waals surface area contributed by atoms with E-state index in [1.807, 2.05) is 31.2 Å². The van der Waals surface area contributed by atoms with Crippen molar-refractivity contribution in [3.8, 4) is 0 Å². The van der Waals surface area contributed by atoms with Gasteiger partial charge in [0.15, 0.2) is 5.58 Å². The van der Waals surface area contributed by atoms with Crippen molar-refractivity contribution in [2.45, 2.75) is 6.92 Å². The quantitative estimate of drug-likeness (QED) is 0.690. The second-order valence-electron chi connectivity index (χ2n) is 4.35. The largest absolute Gasteiger partial charge is 0.423 e. The summed E-state index contributed by atoms with van der Waals surface area (Å²) in [6.07, 6.45) is 0. The first-order valence-corrected chi connectivity index (χ1v) is 6.19. The van der Waals surface area contributed by atoms with Crippen LogP contribution >= 0.6 is 11.6 Å². The van der Waals surface area contributed by atoms with Crippen molar-refractivity contribution in [1.29, 1.82) is 0 Å². The van der Waals surface area contributed by atoms with Gasteiger partial charge in [0.25, 0.3) is 6.01 Å². The summed E-state index contributed by atoms with van der Waals surface area (Å²) in [6, 6.07) is 11.5. The van der Waals surface area contributed by atoms with E-state index in [1.54, 1.807) is 12.1 Å². The van der Waals surface area contributed by atoms with E-state index in [1.165, 1.54) is 0 Å². The molecular weight excluding hydrogens is 262 g/mol. The van der Waals surface area contributed by atoms with E-state index in [9.17, 15) is 0 Å². The van der Waals surface area contributed by atoms with Crippen LogP contribution in [0.2, 0.25) is 5.02 Å². The molecule has 0 spiro atoms. The molecule has 0 bridgehead atoms. The first-order valence-electron chi connectivity index (χ1n) is 5.81. The molecule has 0 unspecified atom stereocenters.